The van der Waals surface area contributed by atoms with Crippen LogP contribution in [0, 0.1) is 5.92 Å². The molecule has 0 saturated carbocycles. The van der Waals surface area contributed by atoms with Crippen molar-refractivity contribution in [3.63, 3.8) is 0 Å². The Morgan fingerprint density at radius 2 is 2.24 bits per heavy atom. The summed E-state index contributed by atoms with van der Waals surface area (Å²) in [5.74, 6) is 1.69. The molecule has 9 nitrogen and oxygen atoms in total. The van der Waals surface area contributed by atoms with Crippen LogP contribution < -0.4 is 10.1 Å². The van der Waals surface area contributed by atoms with Gasteiger partial charge in [0.05, 0.1) is 42.1 Å². The third-order valence-corrected chi connectivity index (χ3v) is 8.52. The van der Waals surface area contributed by atoms with Gasteiger partial charge >= 0.3 is 0 Å². The molecule has 1 aromatic carbocycles. The van der Waals surface area contributed by atoms with E-state index < -0.39 is 0 Å². The number of thiophene rings is 1. The molecule has 4 heterocycles. The second kappa shape index (κ2) is 8.71. The van der Waals surface area contributed by atoms with Crippen molar-refractivity contribution >= 4 is 60.7 Å². The van der Waals surface area contributed by atoms with Gasteiger partial charge in [0.15, 0.2) is 0 Å². The van der Waals surface area contributed by atoms with Crippen molar-refractivity contribution < 1.29 is 14.3 Å². The summed E-state index contributed by atoms with van der Waals surface area (Å²) >= 11 is 3.01. The first-order valence-electron chi connectivity index (χ1n) is 11.3. The Morgan fingerprint density at radius 1 is 1.32 bits per heavy atom. The normalized spacial score (nSPS) is 20.5. The maximum atomic E-state index is 13.3. The summed E-state index contributed by atoms with van der Waals surface area (Å²) in [5, 5.41) is 8.64. The number of carbonyl (C=O) groups is 1. The molecule has 1 fully saturated rings. The maximum absolute atomic E-state index is 13.3. The average molecular weight is 497 g/mol. The van der Waals surface area contributed by atoms with E-state index in [-0.39, 0.29) is 17.9 Å². The van der Waals surface area contributed by atoms with Crippen molar-refractivity contribution in [2.45, 2.75) is 32.2 Å². The quantitative estimate of drug-likeness (QED) is 0.455. The van der Waals surface area contributed by atoms with E-state index >= 15 is 0 Å². The fourth-order valence-corrected chi connectivity index (χ4v) is 6.76. The lowest BCUT2D eigenvalue weighted by atomic mass is 9.86. The number of aryl methyl sites for hydroxylation is 1. The Morgan fingerprint density at radius 3 is 3.09 bits per heavy atom. The fourth-order valence-electron chi connectivity index (χ4n) is 4.91. The zero-order chi connectivity index (χ0) is 23.2. The molecule has 11 heteroatoms. The molecule has 0 bridgehead atoms. The Bertz CT molecular complexity index is 1390. The van der Waals surface area contributed by atoms with Gasteiger partial charge in [0.2, 0.25) is 5.91 Å². The van der Waals surface area contributed by atoms with Crippen LogP contribution in [0.4, 0.5) is 11.5 Å². The molecule has 176 valence electrons. The number of methoxy groups -OCH3 is 1. The van der Waals surface area contributed by atoms with E-state index in [1.54, 1.807) is 24.8 Å². The van der Waals surface area contributed by atoms with Gasteiger partial charge in [0.1, 0.15) is 28.2 Å². The predicted octanol–water partition coefficient (Wildman–Crippen LogP) is 3.80. The standard InChI is InChI=1S/C23H24N6O3S2/c1-12-10-32-6-5-29(12)23(30)13-3-4-14-18(7-13)33-22-20(14)21(24-11-25-22)26-15-9-19-16(27-28-34-19)8-17(15)31-2/h8-9,11-13H,3-7,10H2,1-2H3,(H,24,25,26)/t12-,13-/m0/s1. The summed E-state index contributed by atoms with van der Waals surface area (Å²) < 4.78 is 16.1. The highest BCUT2D eigenvalue weighted by Gasteiger charge is 2.34. The number of nitrogens with zero attached hydrogens (tertiary/aromatic N) is 5. The van der Waals surface area contributed by atoms with E-state index in [0.29, 0.717) is 25.5 Å². The van der Waals surface area contributed by atoms with Crippen molar-refractivity contribution in [1.29, 1.82) is 0 Å². The summed E-state index contributed by atoms with van der Waals surface area (Å²) in [6.07, 6.45) is 4.00. The fraction of sp³-hybridized carbons (Fsp3) is 0.435. The zero-order valence-corrected chi connectivity index (χ0v) is 20.5. The maximum Gasteiger partial charge on any atom is 0.226 e. The first kappa shape index (κ1) is 21.6. The van der Waals surface area contributed by atoms with Crippen LogP contribution in [0.25, 0.3) is 20.4 Å². The highest BCUT2D eigenvalue weighted by molar-refractivity contribution is 7.19. The van der Waals surface area contributed by atoms with Crippen molar-refractivity contribution in [3.8, 4) is 5.75 Å². The third-order valence-electron chi connectivity index (χ3n) is 6.67. The number of morpholine rings is 1. The summed E-state index contributed by atoms with van der Waals surface area (Å²) in [4.78, 5) is 26.6. The van der Waals surface area contributed by atoms with Crippen molar-refractivity contribution in [2.24, 2.45) is 5.92 Å². The lowest BCUT2D eigenvalue weighted by molar-refractivity contribution is -0.143. The average Bonchev–Trinajstić information content (AvgIpc) is 3.47. The Balaban J connectivity index is 1.32. The highest BCUT2D eigenvalue weighted by Crippen LogP contribution is 2.42. The number of benzene rings is 1. The second-order valence-electron chi connectivity index (χ2n) is 8.72. The summed E-state index contributed by atoms with van der Waals surface area (Å²) in [6.45, 7) is 3.97. The number of hydrogen-bond acceptors (Lipinski definition) is 10. The topological polar surface area (TPSA) is 102 Å². The molecular formula is C23H24N6O3S2. The molecule has 1 saturated heterocycles. The van der Waals surface area contributed by atoms with E-state index in [4.69, 9.17) is 9.47 Å². The number of carbonyl (C=O) groups excluding carboxylic acids is 1. The smallest absolute Gasteiger partial charge is 0.226 e. The minimum Gasteiger partial charge on any atom is -0.494 e. The summed E-state index contributed by atoms with van der Waals surface area (Å²) in [7, 11) is 1.64. The minimum absolute atomic E-state index is 0.00631. The van der Waals surface area contributed by atoms with E-state index in [0.717, 1.165) is 51.2 Å². The molecule has 0 radical (unpaired) electrons. The van der Waals surface area contributed by atoms with E-state index in [1.165, 1.54) is 22.0 Å². The largest absolute Gasteiger partial charge is 0.494 e. The lowest BCUT2D eigenvalue weighted by Crippen LogP contribution is -2.50. The molecular weight excluding hydrogens is 472 g/mol. The number of nitrogens with one attached hydrogen (secondary N) is 1. The van der Waals surface area contributed by atoms with Gasteiger partial charge in [-0.1, -0.05) is 4.49 Å². The molecule has 1 aliphatic carbocycles. The van der Waals surface area contributed by atoms with Gasteiger partial charge in [-0.2, -0.15) is 0 Å². The Kier molecular flexibility index (Phi) is 5.54. The van der Waals surface area contributed by atoms with Gasteiger partial charge in [-0.15, -0.1) is 16.4 Å². The van der Waals surface area contributed by atoms with Gasteiger partial charge in [0, 0.05) is 23.4 Å². The van der Waals surface area contributed by atoms with Crippen molar-refractivity contribution in [2.75, 3.05) is 32.2 Å². The van der Waals surface area contributed by atoms with Crippen LogP contribution in [0.3, 0.4) is 0 Å². The van der Waals surface area contributed by atoms with Gasteiger partial charge < -0.3 is 19.7 Å². The molecule has 1 amide bonds. The highest BCUT2D eigenvalue weighted by atomic mass is 32.1. The zero-order valence-electron chi connectivity index (χ0n) is 18.9. The number of fused-ring (bicyclic) bond motifs is 4. The van der Waals surface area contributed by atoms with Gasteiger partial charge in [-0.25, -0.2) is 9.97 Å². The first-order valence-corrected chi connectivity index (χ1v) is 12.9. The number of anilines is 2. The molecule has 0 unspecified atom stereocenters. The van der Waals surface area contributed by atoms with Crippen molar-refractivity contribution in [1.82, 2.24) is 24.5 Å². The first-order chi connectivity index (χ1) is 16.6. The van der Waals surface area contributed by atoms with E-state index in [2.05, 4.69) is 31.8 Å². The lowest BCUT2D eigenvalue weighted by Gasteiger charge is -2.36. The minimum atomic E-state index is 0.00631. The molecule has 2 atom stereocenters. The molecule has 6 rings (SSSR count). The Labute approximate surface area is 204 Å². The second-order valence-corrected chi connectivity index (χ2v) is 10.6. The van der Waals surface area contributed by atoms with Crippen LogP contribution in [0.15, 0.2) is 18.5 Å². The molecule has 2 aliphatic rings. The molecule has 3 aromatic heterocycles. The number of ether oxygens (including phenoxy) is 2. The SMILES string of the molecule is COc1cc2nnsc2cc1Nc1ncnc2sc3c(c12)CC[C@H](C(=O)N1CCOC[C@@H]1C)C3. The predicted molar refractivity (Wildman–Crippen MR) is 132 cm³/mol. The van der Waals surface area contributed by atoms with Gasteiger partial charge in [-0.3, -0.25) is 4.79 Å². The van der Waals surface area contributed by atoms with E-state index in [9.17, 15) is 4.79 Å². The summed E-state index contributed by atoms with van der Waals surface area (Å²) in [6, 6.07) is 4.00. The van der Waals surface area contributed by atoms with Gasteiger partial charge in [0.25, 0.3) is 0 Å². The number of rotatable bonds is 4. The monoisotopic (exact) mass is 496 g/mol. The third kappa shape index (κ3) is 3.68. The number of amides is 1. The van der Waals surface area contributed by atoms with Crippen LogP contribution in [0.5, 0.6) is 5.75 Å². The van der Waals surface area contributed by atoms with Crippen LogP contribution >= 0.6 is 22.9 Å². The van der Waals surface area contributed by atoms with E-state index in [1.807, 2.05) is 17.0 Å². The number of hydrogen-bond donors (Lipinski definition) is 1. The summed E-state index contributed by atoms with van der Waals surface area (Å²) in [5.41, 5.74) is 2.87. The van der Waals surface area contributed by atoms with Crippen molar-refractivity contribution in [3.05, 3.63) is 28.9 Å². The van der Waals surface area contributed by atoms with Crippen LogP contribution in [0.1, 0.15) is 23.8 Å². The van der Waals surface area contributed by atoms with Crippen LogP contribution in [-0.4, -0.2) is 63.3 Å². The molecule has 4 aromatic rings. The molecule has 1 N–H and O–H groups in total. The Hall–Kier alpha value is -2.89. The number of aromatic nitrogens is 4. The van der Waals surface area contributed by atoms with Crippen LogP contribution in [-0.2, 0) is 22.4 Å². The molecule has 34 heavy (non-hydrogen) atoms. The molecule has 0 spiro atoms. The molecule has 1 aliphatic heterocycles. The van der Waals surface area contributed by atoms with Crippen LogP contribution in [0.2, 0.25) is 0 Å². The van der Waals surface area contributed by atoms with Gasteiger partial charge in [-0.05, 0) is 49.3 Å².